The van der Waals surface area contributed by atoms with E-state index in [0.717, 1.165) is 61.4 Å². The Morgan fingerprint density at radius 3 is 2.59 bits per heavy atom. The van der Waals surface area contributed by atoms with Crippen molar-refractivity contribution in [2.75, 3.05) is 43.4 Å². The third-order valence-corrected chi connectivity index (χ3v) is 8.59. The summed E-state index contributed by atoms with van der Waals surface area (Å²) < 4.78 is 2.23. The number of carbonyl (C=O) groups is 1. The molecule has 196 valence electrons. The lowest BCUT2D eigenvalue weighted by Gasteiger charge is -2.45. The van der Waals surface area contributed by atoms with E-state index in [1.807, 2.05) is 36.5 Å². The van der Waals surface area contributed by atoms with Gasteiger partial charge in [-0.3, -0.25) is 9.69 Å². The summed E-state index contributed by atoms with van der Waals surface area (Å²) in [6, 6.07) is 7.16. The van der Waals surface area contributed by atoms with Gasteiger partial charge in [-0.25, -0.2) is 9.97 Å². The predicted molar refractivity (Wildman–Crippen MR) is 147 cm³/mol. The molecule has 1 spiro atoms. The van der Waals surface area contributed by atoms with E-state index in [9.17, 15) is 4.79 Å². The highest BCUT2D eigenvalue weighted by atomic mass is 16.2. The fraction of sp³-hybridized carbons (Fsp3) is 0.571. The highest BCUT2D eigenvalue weighted by Gasteiger charge is 2.43. The van der Waals surface area contributed by atoms with E-state index < -0.39 is 0 Å². The Labute approximate surface area is 218 Å². The molecule has 9 heteroatoms. The molecule has 6 rings (SSSR count). The number of hydrogen-bond acceptors (Lipinski definition) is 7. The first-order valence-corrected chi connectivity index (χ1v) is 13.7. The molecule has 0 unspecified atom stereocenters. The summed E-state index contributed by atoms with van der Waals surface area (Å²) in [5, 5.41) is 4.21. The van der Waals surface area contributed by atoms with E-state index in [4.69, 9.17) is 4.98 Å². The Kier molecular flexibility index (Phi) is 6.06. The number of amides is 1. The second-order valence-corrected chi connectivity index (χ2v) is 11.4. The molecule has 37 heavy (non-hydrogen) atoms. The lowest BCUT2D eigenvalue weighted by Crippen LogP contribution is -2.54. The molecule has 3 aromatic rings. The Morgan fingerprint density at radius 2 is 1.89 bits per heavy atom. The summed E-state index contributed by atoms with van der Waals surface area (Å²) >= 11 is 0. The van der Waals surface area contributed by atoms with Gasteiger partial charge in [-0.05, 0) is 51.8 Å². The molecule has 0 bridgehead atoms. The van der Waals surface area contributed by atoms with Crippen LogP contribution in [0.2, 0.25) is 0 Å². The van der Waals surface area contributed by atoms with Crippen molar-refractivity contribution in [1.82, 2.24) is 29.3 Å². The average Bonchev–Trinajstić information content (AvgIpc) is 3.28. The monoisotopic (exact) mass is 502 g/mol. The molecule has 1 aliphatic carbocycles. The average molecular weight is 503 g/mol. The fourth-order valence-corrected chi connectivity index (χ4v) is 6.79. The van der Waals surface area contributed by atoms with Crippen LogP contribution in [0.1, 0.15) is 63.4 Å². The van der Waals surface area contributed by atoms with Gasteiger partial charge in [0.1, 0.15) is 17.2 Å². The van der Waals surface area contributed by atoms with Crippen LogP contribution in [0, 0.1) is 0 Å². The largest absolute Gasteiger partial charge is 0.367 e. The van der Waals surface area contributed by atoms with Crippen molar-refractivity contribution in [3.63, 3.8) is 0 Å². The number of hydrogen-bond donors (Lipinski definition) is 1. The van der Waals surface area contributed by atoms with Crippen molar-refractivity contribution in [2.24, 2.45) is 0 Å². The summed E-state index contributed by atoms with van der Waals surface area (Å²) in [5.74, 6) is 1.28. The van der Waals surface area contributed by atoms with Crippen molar-refractivity contribution < 1.29 is 4.79 Å². The van der Waals surface area contributed by atoms with Crippen LogP contribution in [-0.2, 0) is 5.54 Å². The number of fused-ring (bicyclic) bond motifs is 4. The van der Waals surface area contributed by atoms with Crippen LogP contribution in [0.5, 0.6) is 0 Å². The molecule has 3 aromatic heterocycles. The maximum absolute atomic E-state index is 13.0. The topological polar surface area (TPSA) is 82.4 Å². The molecule has 1 atom stereocenters. The zero-order valence-electron chi connectivity index (χ0n) is 22.4. The first kappa shape index (κ1) is 24.2. The van der Waals surface area contributed by atoms with Gasteiger partial charge in [0.2, 0.25) is 5.95 Å². The summed E-state index contributed by atoms with van der Waals surface area (Å²) in [5.41, 5.74) is 2.62. The summed E-state index contributed by atoms with van der Waals surface area (Å²) in [6.45, 7) is 10.6. The van der Waals surface area contributed by atoms with Crippen molar-refractivity contribution in [3.8, 4) is 0 Å². The number of piperazine rings is 1. The maximum atomic E-state index is 13.0. The molecule has 2 aliphatic heterocycles. The molecular formula is C28H38N8O. The number of carbonyl (C=O) groups excluding carboxylic acids is 1. The third-order valence-electron chi connectivity index (χ3n) is 8.59. The van der Waals surface area contributed by atoms with Crippen LogP contribution >= 0.6 is 0 Å². The van der Waals surface area contributed by atoms with Crippen molar-refractivity contribution in [3.05, 3.63) is 36.3 Å². The van der Waals surface area contributed by atoms with Crippen LogP contribution in [0.3, 0.4) is 0 Å². The normalized spacial score (nSPS) is 22.2. The molecule has 0 aromatic carbocycles. The summed E-state index contributed by atoms with van der Waals surface area (Å²) in [6.07, 6.45) is 9.51. The highest BCUT2D eigenvalue weighted by Crippen LogP contribution is 2.42. The zero-order valence-corrected chi connectivity index (χ0v) is 22.4. The van der Waals surface area contributed by atoms with Crippen LogP contribution in [0.15, 0.2) is 30.6 Å². The molecular weight excluding hydrogens is 464 g/mol. The molecule has 1 N–H and O–H groups in total. The molecule has 5 heterocycles. The predicted octanol–water partition coefficient (Wildman–Crippen LogP) is 4.23. The van der Waals surface area contributed by atoms with Crippen LogP contribution in [-0.4, -0.2) is 80.5 Å². The quantitative estimate of drug-likeness (QED) is 0.572. The first-order chi connectivity index (χ1) is 17.8. The second-order valence-electron chi connectivity index (χ2n) is 11.4. The van der Waals surface area contributed by atoms with Gasteiger partial charge in [-0.2, -0.15) is 4.98 Å². The number of nitrogens with one attached hydrogen (secondary N) is 1. The van der Waals surface area contributed by atoms with Crippen molar-refractivity contribution in [1.29, 1.82) is 0 Å². The Bertz CT molecular complexity index is 1290. The summed E-state index contributed by atoms with van der Waals surface area (Å²) in [7, 11) is 1.92. The smallest absolute Gasteiger partial charge is 0.270 e. The molecule has 1 saturated carbocycles. The first-order valence-electron chi connectivity index (χ1n) is 13.7. The van der Waals surface area contributed by atoms with Gasteiger partial charge < -0.3 is 19.7 Å². The van der Waals surface area contributed by atoms with Gasteiger partial charge in [0.15, 0.2) is 0 Å². The Morgan fingerprint density at radius 1 is 1.08 bits per heavy atom. The van der Waals surface area contributed by atoms with E-state index in [1.54, 1.807) is 0 Å². The van der Waals surface area contributed by atoms with E-state index in [0.29, 0.717) is 23.8 Å². The Balaban J connectivity index is 1.25. The minimum atomic E-state index is -0.0831. The minimum Gasteiger partial charge on any atom is -0.367 e. The third kappa shape index (κ3) is 4.23. The van der Waals surface area contributed by atoms with Gasteiger partial charge in [0.25, 0.3) is 5.91 Å². The van der Waals surface area contributed by atoms with Crippen molar-refractivity contribution in [2.45, 2.75) is 70.5 Å². The molecule has 3 aliphatic rings. The van der Waals surface area contributed by atoms with E-state index in [1.165, 1.54) is 19.3 Å². The van der Waals surface area contributed by atoms with Gasteiger partial charge in [0.05, 0.1) is 17.4 Å². The van der Waals surface area contributed by atoms with E-state index in [-0.39, 0.29) is 11.4 Å². The maximum Gasteiger partial charge on any atom is 0.270 e. The zero-order chi connectivity index (χ0) is 25.7. The standard InChI is InChI=1S/C28H38N8O/c1-19(2)35-13-12-34(17-20(35)3)22-8-9-24(29-16-22)31-27-30-15-21-14-23-26(37)33(4)18-28(10-6-5-7-11-28)36(23)25(21)32-27/h8-9,14-16,19-20H,5-7,10-13,17-18H2,1-4H3,(H,29,30,31,32)/t20-/m1/s1. The molecule has 1 saturated heterocycles. The lowest BCUT2D eigenvalue weighted by molar-refractivity contribution is 0.0543. The fourth-order valence-electron chi connectivity index (χ4n) is 6.79. The number of rotatable bonds is 4. The lowest BCUT2D eigenvalue weighted by atomic mass is 9.79. The van der Waals surface area contributed by atoms with Gasteiger partial charge >= 0.3 is 0 Å². The van der Waals surface area contributed by atoms with Crippen LogP contribution in [0.25, 0.3) is 11.0 Å². The van der Waals surface area contributed by atoms with E-state index in [2.05, 4.69) is 56.5 Å². The summed E-state index contributed by atoms with van der Waals surface area (Å²) in [4.78, 5) is 34.0. The minimum absolute atomic E-state index is 0.0597. The molecule has 1 amide bonds. The number of likely N-dealkylation sites (N-methyl/N-ethyl adjacent to an activating group) is 1. The SMILES string of the molecule is CC(C)N1CCN(c2ccc(Nc3ncc4cc5n(c4n3)C3(CCCCC3)CN(C)C5=O)nc2)C[C@H]1C. The van der Waals surface area contributed by atoms with Gasteiger partial charge in [-0.1, -0.05) is 19.3 Å². The van der Waals surface area contributed by atoms with Crippen LogP contribution in [0.4, 0.5) is 17.5 Å². The number of pyridine rings is 1. The second kappa shape index (κ2) is 9.28. The molecule has 2 fully saturated rings. The molecule has 9 nitrogen and oxygen atoms in total. The number of aromatic nitrogens is 4. The van der Waals surface area contributed by atoms with Gasteiger partial charge in [0, 0.05) is 56.9 Å². The Hall–Kier alpha value is -3.20. The van der Waals surface area contributed by atoms with E-state index >= 15 is 0 Å². The molecule has 0 radical (unpaired) electrons. The van der Waals surface area contributed by atoms with Gasteiger partial charge in [-0.15, -0.1) is 0 Å². The van der Waals surface area contributed by atoms with Crippen molar-refractivity contribution >= 4 is 34.4 Å². The number of anilines is 3. The van der Waals surface area contributed by atoms with Crippen LogP contribution < -0.4 is 10.2 Å². The highest BCUT2D eigenvalue weighted by molar-refractivity contribution is 5.99. The number of nitrogens with zero attached hydrogens (tertiary/aromatic N) is 7.